The molecule has 0 aliphatic carbocycles. The van der Waals surface area contributed by atoms with E-state index in [1.165, 1.54) is 37.6 Å². The van der Waals surface area contributed by atoms with E-state index in [4.69, 9.17) is 0 Å². The molecule has 0 unspecified atom stereocenters. The van der Waals surface area contributed by atoms with Crippen molar-refractivity contribution in [3.05, 3.63) is 47.0 Å². The summed E-state index contributed by atoms with van der Waals surface area (Å²) in [5.74, 6) is 0. The molecule has 17 heavy (non-hydrogen) atoms. The Morgan fingerprint density at radius 3 is 2.12 bits per heavy atom. The zero-order valence-electron chi connectivity index (χ0n) is 10.2. The van der Waals surface area contributed by atoms with Crippen LogP contribution in [0, 0.1) is 20.8 Å². The lowest BCUT2D eigenvalue weighted by Crippen LogP contribution is -1.93. The number of hydrogen-bond donors (Lipinski definition) is 0. The molecule has 0 atom stereocenters. The van der Waals surface area contributed by atoms with Crippen molar-refractivity contribution in [2.75, 3.05) is 0 Å². The van der Waals surface area contributed by atoms with Gasteiger partial charge in [-0.05, 0) is 66.8 Å². The number of rotatable bonds is 0. The van der Waals surface area contributed by atoms with Crippen molar-refractivity contribution in [2.24, 2.45) is 0 Å². The van der Waals surface area contributed by atoms with E-state index < -0.39 is 0 Å². The first-order valence-corrected chi connectivity index (χ1v) is 7.87. The zero-order chi connectivity index (χ0) is 12.0. The minimum absolute atomic E-state index is 1.34. The van der Waals surface area contributed by atoms with Gasteiger partial charge in [0.1, 0.15) is 0 Å². The van der Waals surface area contributed by atoms with Crippen LogP contribution in [0.15, 0.2) is 40.1 Å². The fourth-order valence-electron chi connectivity index (χ4n) is 2.08. The van der Waals surface area contributed by atoms with E-state index in [9.17, 15) is 0 Å². The fraction of sp³-hybridized carbons (Fsp3) is 0.200. The highest BCUT2D eigenvalue weighted by Crippen LogP contribution is 2.51. The molecule has 0 radical (unpaired) electrons. The third kappa shape index (κ3) is 1.90. The molecule has 2 heteroatoms. The normalized spacial score (nSPS) is 13.1. The maximum absolute atomic E-state index is 2.32. The van der Waals surface area contributed by atoms with Crippen molar-refractivity contribution < 1.29 is 0 Å². The first-order chi connectivity index (χ1) is 8.15. The van der Waals surface area contributed by atoms with Crippen molar-refractivity contribution in [1.29, 1.82) is 0 Å². The van der Waals surface area contributed by atoms with Gasteiger partial charge in [-0.25, -0.2) is 0 Å². The number of fused-ring (bicyclic) bond motifs is 3. The Bertz CT molecular complexity index is 600. The Hall–Kier alpha value is -0.860. The zero-order valence-corrected chi connectivity index (χ0v) is 11.8. The van der Waals surface area contributed by atoms with Crippen LogP contribution in [0.1, 0.15) is 16.7 Å². The first kappa shape index (κ1) is 11.2. The van der Waals surface area contributed by atoms with E-state index in [0.29, 0.717) is 0 Å². The van der Waals surface area contributed by atoms with Crippen LogP contribution in [0.5, 0.6) is 0 Å². The lowest BCUT2D eigenvalue weighted by Gasteiger charge is -2.20. The summed E-state index contributed by atoms with van der Waals surface area (Å²) in [5.41, 5.74) is 6.88. The summed E-state index contributed by atoms with van der Waals surface area (Å²) in [4.78, 5) is 2.79. The molecule has 2 aromatic carbocycles. The highest BCUT2D eigenvalue weighted by Gasteiger charge is 2.18. The quantitative estimate of drug-likeness (QED) is 0.581. The highest BCUT2D eigenvalue weighted by molar-refractivity contribution is 8.76. The molecule has 0 aromatic heterocycles. The Kier molecular flexibility index (Phi) is 2.72. The SMILES string of the molecule is Cc1ccc2c(c1)SSc1cc(C)c(C)cc1-2. The summed E-state index contributed by atoms with van der Waals surface area (Å²) < 4.78 is 0. The van der Waals surface area contributed by atoms with Gasteiger partial charge in [0.05, 0.1) is 0 Å². The van der Waals surface area contributed by atoms with Crippen molar-refractivity contribution in [1.82, 2.24) is 0 Å². The molecule has 1 heterocycles. The van der Waals surface area contributed by atoms with Crippen molar-refractivity contribution in [3.63, 3.8) is 0 Å². The maximum Gasteiger partial charge on any atom is 0.0267 e. The molecule has 0 nitrogen and oxygen atoms in total. The van der Waals surface area contributed by atoms with Gasteiger partial charge in [0, 0.05) is 9.79 Å². The van der Waals surface area contributed by atoms with Crippen LogP contribution in [-0.4, -0.2) is 0 Å². The molecular weight excluding hydrogens is 244 g/mol. The average molecular weight is 258 g/mol. The van der Waals surface area contributed by atoms with Gasteiger partial charge in [0.15, 0.2) is 0 Å². The number of aryl methyl sites for hydroxylation is 3. The summed E-state index contributed by atoms with van der Waals surface area (Å²) >= 11 is 0. The molecule has 3 rings (SSSR count). The van der Waals surface area contributed by atoms with Gasteiger partial charge in [-0.2, -0.15) is 0 Å². The van der Waals surface area contributed by atoms with Gasteiger partial charge in [-0.15, -0.1) is 0 Å². The third-order valence-corrected chi connectivity index (χ3v) is 5.69. The molecule has 0 fully saturated rings. The van der Waals surface area contributed by atoms with Gasteiger partial charge < -0.3 is 0 Å². The van der Waals surface area contributed by atoms with Crippen LogP contribution >= 0.6 is 21.6 Å². The molecule has 0 amide bonds. The van der Waals surface area contributed by atoms with Gasteiger partial charge >= 0.3 is 0 Å². The highest BCUT2D eigenvalue weighted by atomic mass is 33.1. The second-order valence-electron chi connectivity index (χ2n) is 4.60. The van der Waals surface area contributed by atoms with E-state index in [-0.39, 0.29) is 0 Å². The van der Waals surface area contributed by atoms with Crippen LogP contribution in [0.25, 0.3) is 11.1 Å². The molecule has 86 valence electrons. The predicted molar refractivity (Wildman–Crippen MR) is 77.8 cm³/mol. The molecule has 1 aliphatic heterocycles. The van der Waals surface area contributed by atoms with E-state index in [0.717, 1.165) is 0 Å². The molecule has 1 aliphatic rings. The smallest absolute Gasteiger partial charge is 0.0267 e. The summed E-state index contributed by atoms with van der Waals surface area (Å²) in [7, 11) is 3.76. The van der Waals surface area contributed by atoms with E-state index in [2.05, 4.69) is 51.1 Å². The summed E-state index contributed by atoms with van der Waals surface area (Å²) in [6.07, 6.45) is 0. The van der Waals surface area contributed by atoms with E-state index in [1.54, 1.807) is 0 Å². The second kappa shape index (κ2) is 4.11. The average Bonchev–Trinajstić information content (AvgIpc) is 2.30. The second-order valence-corrected chi connectivity index (χ2v) is 6.81. The Balaban J connectivity index is 2.25. The monoisotopic (exact) mass is 258 g/mol. The first-order valence-electron chi connectivity index (χ1n) is 5.72. The lowest BCUT2D eigenvalue weighted by molar-refractivity contribution is 1.26. The summed E-state index contributed by atoms with van der Waals surface area (Å²) in [6.45, 7) is 6.53. The fourth-order valence-corrected chi connectivity index (χ4v) is 4.61. The largest absolute Gasteiger partial charge is 0.0586 e. The van der Waals surface area contributed by atoms with Crippen LogP contribution in [0.2, 0.25) is 0 Å². The van der Waals surface area contributed by atoms with Crippen LogP contribution in [0.4, 0.5) is 0 Å². The third-order valence-electron chi connectivity index (χ3n) is 3.24. The van der Waals surface area contributed by atoms with E-state index in [1.807, 2.05) is 21.6 Å². The predicted octanol–water partition coefficient (Wildman–Crippen LogP) is 5.39. The Morgan fingerprint density at radius 2 is 1.35 bits per heavy atom. The molecular formula is C15H14S2. The van der Waals surface area contributed by atoms with Crippen molar-refractivity contribution in [3.8, 4) is 11.1 Å². The van der Waals surface area contributed by atoms with Gasteiger partial charge in [-0.3, -0.25) is 0 Å². The van der Waals surface area contributed by atoms with Gasteiger partial charge in [-0.1, -0.05) is 33.7 Å². The minimum atomic E-state index is 1.34. The molecule has 0 spiro atoms. The molecule has 0 saturated heterocycles. The van der Waals surface area contributed by atoms with Gasteiger partial charge in [0.25, 0.3) is 0 Å². The number of benzene rings is 2. The maximum atomic E-state index is 2.32. The minimum Gasteiger partial charge on any atom is -0.0586 e. The lowest BCUT2D eigenvalue weighted by atomic mass is 9.99. The molecule has 0 bridgehead atoms. The standard InChI is InChI=1S/C15H14S2/c1-9-4-5-12-13-7-10(2)11(3)8-15(13)17-16-14(12)6-9/h4-8H,1-3H3. The Morgan fingerprint density at radius 1 is 0.706 bits per heavy atom. The van der Waals surface area contributed by atoms with Crippen LogP contribution in [-0.2, 0) is 0 Å². The van der Waals surface area contributed by atoms with E-state index >= 15 is 0 Å². The number of hydrogen-bond acceptors (Lipinski definition) is 2. The Labute approximate surface area is 110 Å². The van der Waals surface area contributed by atoms with Gasteiger partial charge in [0.2, 0.25) is 0 Å². The summed E-state index contributed by atoms with van der Waals surface area (Å²) in [5, 5.41) is 0. The van der Waals surface area contributed by atoms with Crippen molar-refractivity contribution in [2.45, 2.75) is 30.6 Å². The molecule has 2 aromatic rings. The van der Waals surface area contributed by atoms with Crippen LogP contribution < -0.4 is 0 Å². The topological polar surface area (TPSA) is 0 Å². The summed E-state index contributed by atoms with van der Waals surface area (Å²) in [6, 6.07) is 11.4. The van der Waals surface area contributed by atoms with Crippen LogP contribution in [0.3, 0.4) is 0 Å². The van der Waals surface area contributed by atoms with Crippen molar-refractivity contribution >= 4 is 21.6 Å². The molecule has 0 N–H and O–H groups in total. The molecule has 0 saturated carbocycles.